The molecule has 0 atom stereocenters. The highest BCUT2D eigenvalue weighted by Crippen LogP contribution is 2.42. The number of hydrogen-bond donors (Lipinski definition) is 0. The van der Waals surface area contributed by atoms with E-state index in [1.54, 1.807) is 0 Å². The maximum absolute atomic E-state index is 6.58. The highest BCUT2D eigenvalue weighted by Gasteiger charge is 2.22. The van der Waals surface area contributed by atoms with Crippen molar-refractivity contribution in [1.82, 2.24) is 0 Å². The van der Waals surface area contributed by atoms with Crippen LogP contribution in [0.5, 0.6) is 0 Å². The van der Waals surface area contributed by atoms with E-state index in [0.29, 0.717) is 5.84 Å². The second-order valence-corrected chi connectivity index (χ2v) is 16.0. The van der Waals surface area contributed by atoms with E-state index in [0.717, 1.165) is 112 Å². The average Bonchev–Trinajstić information content (AvgIpc) is 3.89. The monoisotopic (exact) mass is 782 g/mol. The zero-order valence-electron chi connectivity index (χ0n) is 33.5. The molecule has 1 aliphatic rings. The molecule has 0 N–H and O–H groups in total. The van der Waals surface area contributed by atoms with Crippen LogP contribution in [0.25, 0.3) is 93.4 Å². The molecule has 0 bridgehead atoms. The van der Waals surface area contributed by atoms with Gasteiger partial charge in [-0.3, -0.25) is 0 Å². The van der Waals surface area contributed by atoms with E-state index in [-0.39, 0.29) is 0 Å². The number of furan rings is 2. The summed E-state index contributed by atoms with van der Waals surface area (Å²) in [4.78, 5) is 11.2. The van der Waals surface area contributed by atoms with E-state index in [9.17, 15) is 0 Å². The largest absolute Gasteiger partial charge is 0.456 e. The molecule has 2 aromatic heterocycles. The van der Waals surface area contributed by atoms with Gasteiger partial charge >= 0.3 is 0 Å². The van der Waals surface area contributed by atoms with E-state index in [1.165, 1.54) is 21.9 Å². The average molecular weight is 783 g/mol. The number of benzene rings is 9. The molecule has 1 aliphatic heterocycles. The van der Waals surface area contributed by atoms with Gasteiger partial charge in [-0.25, -0.2) is 9.98 Å². The fourth-order valence-corrected chi connectivity index (χ4v) is 9.38. The minimum atomic E-state index is 0.685. The maximum Gasteiger partial charge on any atom is 0.160 e. The van der Waals surface area contributed by atoms with Gasteiger partial charge in [0.2, 0.25) is 0 Å². The normalized spacial score (nSPS) is 14.8. The molecule has 0 unspecified atom stereocenters. The summed E-state index contributed by atoms with van der Waals surface area (Å²) < 4.78 is 13.0. The third-order valence-electron chi connectivity index (χ3n) is 12.4. The number of allylic oxidation sites excluding steroid dienone is 1. The van der Waals surface area contributed by atoms with Gasteiger partial charge in [0.1, 0.15) is 22.3 Å². The molecule has 0 aliphatic carbocycles. The minimum Gasteiger partial charge on any atom is -0.456 e. The van der Waals surface area contributed by atoms with Crippen LogP contribution in [-0.2, 0) is 0 Å². The van der Waals surface area contributed by atoms with Crippen LogP contribution in [0.1, 0.15) is 36.5 Å². The van der Waals surface area contributed by atoms with Crippen LogP contribution in [0.15, 0.2) is 212 Å². The number of hydrogen-bond acceptors (Lipinski definition) is 4. The van der Waals surface area contributed by atoms with Gasteiger partial charge < -0.3 is 8.83 Å². The Bertz CT molecular complexity index is 3660. The van der Waals surface area contributed by atoms with Gasteiger partial charge in [0.25, 0.3) is 0 Å². The van der Waals surface area contributed by atoms with Gasteiger partial charge in [-0.05, 0) is 117 Å². The Hall–Kier alpha value is -7.82. The quantitative estimate of drug-likeness (QED) is 0.175. The van der Waals surface area contributed by atoms with E-state index in [4.69, 9.17) is 18.8 Å². The summed E-state index contributed by atoms with van der Waals surface area (Å²) in [6.07, 6.45) is 1.59. The van der Waals surface area contributed by atoms with Gasteiger partial charge in [0, 0.05) is 32.7 Å². The fraction of sp³-hybridized carbons (Fsp3) is 0.0526. The first-order valence-corrected chi connectivity index (χ1v) is 20.9. The predicted molar refractivity (Wildman–Crippen MR) is 255 cm³/mol. The van der Waals surface area contributed by atoms with Gasteiger partial charge in [-0.15, -0.1) is 0 Å². The fourth-order valence-electron chi connectivity index (χ4n) is 9.38. The molecule has 4 heteroatoms. The van der Waals surface area contributed by atoms with Gasteiger partial charge in [-0.2, -0.15) is 0 Å². The summed E-state index contributed by atoms with van der Waals surface area (Å²) in [7, 11) is 0. The molecule has 12 rings (SSSR count). The Labute approximate surface area is 352 Å². The summed E-state index contributed by atoms with van der Waals surface area (Å²) in [6, 6.07) is 66.3. The van der Waals surface area contributed by atoms with Gasteiger partial charge in [-0.1, -0.05) is 146 Å². The molecule has 0 radical (unpaired) electrons. The van der Waals surface area contributed by atoms with Crippen LogP contribution in [0.3, 0.4) is 0 Å². The van der Waals surface area contributed by atoms with Crippen molar-refractivity contribution in [3.05, 3.63) is 210 Å². The number of aliphatic imine (C=N–C) groups is 2. The number of fused-ring (bicyclic) bond motifs is 8. The van der Waals surface area contributed by atoms with Crippen molar-refractivity contribution in [2.24, 2.45) is 9.98 Å². The molecule has 61 heavy (non-hydrogen) atoms. The number of amidine groups is 1. The highest BCUT2D eigenvalue weighted by molar-refractivity contribution is 6.22. The Morgan fingerprint density at radius 1 is 0.377 bits per heavy atom. The molecule has 9 aromatic carbocycles. The summed E-state index contributed by atoms with van der Waals surface area (Å²) in [5.74, 6) is 0.685. The molecular weight excluding hydrogens is 745 g/mol. The third kappa shape index (κ3) is 5.90. The van der Waals surface area contributed by atoms with Crippen molar-refractivity contribution in [2.75, 3.05) is 0 Å². The van der Waals surface area contributed by atoms with Crippen LogP contribution in [-0.4, -0.2) is 11.5 Å². The first kappa shape index (κ1) is 35.2. The smallest absolute Gasteiger partial charge is 0.160 e. The molecule has 3 heterocycles. The third-order valence-corrected chi connectivity index (χ3v) is 12.4. The van der Waals surface area contributed by atoms with Crippen molar-refractivity contribution in [3.8, 4) is 22.3 Å². The minimum absolute atomic E-state index is 0.685. The Balaban J connectivity index is 1.07. The molecule has 0 saturated heterocycles. The standard InChI is InChI=1S/C57H38N2O2/c1-35-25-32-49(40-27-26-37-15-5-6-16-38(37)33-40)58-57(59-56(35)48-21-12-24-52-55(48)46-19-9-10-22-50(46)60-52)45-31-30-43(41-17-7-8-18-42(41)45)44-20-11-23-51-54(44)47-29-28-39(34-53(47)61-51)36-13-3-2-4-14-36/h2-24,26-31,33-34H,25,32H2,1H3/b56-35-,58-49?,59-57?. The van der Waals surface area contributed by atoms with Crippen LogP contribution >= 0.6 is 0 Å². The van der Waals surface area contributed by atoms with Crippen LogP contribution < -0.4 is 0 Å². The second kappa shape index (κ2) is 14.2. The second-order valence-electron chi connectivity index (χ2n) is 16.0. The first-order valence-electron chi connectivity index (χ1n) is 20.9. The van der Waals surface area contributed by atoms with Crippen LogP contribution in [0, 0.1) is 0 Å². The number of rotatable bonds is 5. The summed E-state index contributed by atoms with van der Waals surface area (Å²) in [6.45, 7) is 2.22. The summed E-state index contributed by atoms with van der Waals surface area (Å²) in [5, 5.41) is 8.98. The van der Waals surface area contributed by atoms with Crippen molar-refractivity contribution in [3.63, 3.8) is 0 Å². The molecule has 0 amide bonds. The molecular formula is C57H38N2O2. The lowest BCUT2D eigenvalue weighted by molar-refractivity contribution is 0.668. The highest BCUT2D eigenvalue weighted by atomic mass is 16.3. The molecule has 0 saturated carbocycles. The van der Waals surface area contributed by atoms with Crippen molar-refractivity contribution < 1.29 is 8.83 Å². The Kier molecular flexibility index (Phi) is 8.17. The summed E-state index contributed by atoms with van der Waals surface area (Å²) >= 11 is 0. The molecule has 288 valence electrons. The van der Waals surface area contributed by atoms with E-state index >= 15 is 0 Å². The van der Waals surface area contributed by atoms with Crippen molar-refractivity contribution >= 4 is 82.7 Å². The first-order chi connectivity index (χ1) is 30.1. The number of para-hydroxylation sites is 1. The Morgan fingerprint density at radius 3 is 1.84 bits per heavy atom. The number of nitrogens with zero attached hydrogens (tertiary/aromatic N) is 2. The lowest BCUT2D eigenvalue weighted by Crippen LogP contribution is -2.11. The lowest BCUT2D eigenvalue weighted by Gasteiger charge is -2.18. The zero-order chi connectivity index (χ0) is 40.4. The van der Waals surface area contributed by atoms with Crippen molar-refractivity contribution in [2.45, 2.75) is 19.8 Å². The maximum atomic E-state index is 6.58. The SMILES string of the molecule is C/C1=C(\c2cccc3oc4ccccc4c23)N=C(c2ccc(-c3cccc4oc5cc(-c6ccccc6)ccc5c34)c3ccccc23)N=C(c2ccc3ccccc3c2)CC1. The topological polar surface area (TPSA) is 51.0 Å². The molecule has 4 nitrogen and oxygen atoms in total. The Morgan fingerprint density at radius 2 is 1.00 bits per heavy atom. The van der Waals surface area contributed by atoms with Crippen LogP contribution in [0.4, 0.5) is 0 Å². The van der Waals surface area contributed by atoms with E-state index in [1.807, 2.05) is 18.2 Å². The molecule has 11 aromatic rings. The van der Waals surface area contributed by atoms with Gasteiger partial charge in [0.15, 0.2) is 5.84 Å². The van der Waals surface area contributed by atoms with E-state index in [2.05, 4.69) is 177 Å². The van der Waals surface area contributed by atoms with Gasteiger partial charge in [0.05, 0.1) is 11.4 Å². The summed E-state index contributed by atoms with van der Waals surface area (Å²) in [5.41, 5.74) is 14.3. The molecule has 0 fully saturated rings. The lowest BCUT2D eigenvalue weighted by atomic mass is 9.91. The molecule has 0 spiro atoms. The van der Waals surface area contributed by atoms with Crippen molar-refractivity contribution in [1.29, 1.82) is 0 Å². The van der Waals surface area contributed by atoms with E-state index < -0.39 is 0 Å². The van der Waals surface area contributed by atoms with Crippen LogP contribution in [0.2, 0.25) is 0 Å². The predicted octanol–water partition coefficient (Wildman–Crippen LogP) is 15.6. The zero-order valence-corrected chi connectivity index (χ0v) is 33.5.